The molecule has 0 bridgehead atoms. The van der Waals surface area contributed by atoms with Gasteiger partial charge in [0.15, 0.2) is 0 Å². The molecule has 0 amide bonds. The van der Waals surface area contributed by atoms with Gasteiger partial charge in [0, 0.05) is 18.8 Å². The Bertz CT molecular complexity index is 521. The third kappa shape index (κ3) is 8.03. The molecular weight excluding hydrogens is 332 g/mol. The predicted octanol–water partition coefficient (Wildman–Crippen LogP) is 2.13. The van der Waals surface area contributed by atoms with Gasteiger partial charge in [-0.3, -0.25) is 9.78 Å². The molecule has 0 unspecified atom stereocenters. The molecule has 5 heteroatoms. The Morgan fingerprint density at radius 1 is 0.870 bits per heavy atom. The van der Waals surface area contributed by atoms with Crippen molar-refractivity contribution in [2.45, 2.75) is 25.8 Å². The van der Waals surface area contributed by atoms with Gasteiger partial charge >= 0.3 is 22.8 Å². The maximum Gasteiger partial charge on any atom is 2.00 e. The molecule has 3 rings (SSSR count). The van der Waals surface area contributed by atoms with Crippen molar-refractivity contribution >= 4 is 0 Å². The molecule has 1 aromatic heterocycles. The van der Waals surface area contributed by atoms with Gasteiger partial charge in [-0.25, -0.2) is 4.79 Å². The molecule has 0 aromatic carbocycles. The van der Waals surface area contributed by atoms with Crippen LogP contribution in [0.2, 0.25) is 0 Å². The zero-order valence-electron chi connectivity index (χ0n) is 12.8. The van der Waals surface area contributed by atoms with Crippen molar-refractivity contribution in [2.75, 3.05) is 0 Å². The van der Waals surface area contributed by atoms with Gasteiger partial charge in [-0.15, -0.1) is 0 Å². The number of aromatic amines is 1. The second-order valence-electron chi connectivity index (χ2n) is 5.02. The SMILES string of the molecule is O=c1ccn(CCCC[C]2[CH][CH][CH][CH]2)c(=O)[nH]1.[CH]1[CH][CH][CH][CH]1.[Fe+2]. The van der Waals surface area contributed by atoms with Crippen LogP contribution in [-0.2, 0) is 23.6 Å². The standard InChI is InChI=1S/C13H15N2O2.C5H5.Fe/c16-12-8-10-15(13(17)14-12)9-4-3-7-11-5-1-2-6-11;1-2-4-5-3-1;/h1-2,5-6,8,10H,3-4,7,9H2,(H,14,16,17);1-5H;/q;;+2. The number of aryl methyl sites for hydroxylation is 1. The molecule has 2 fully saturated rings. The van der Waals surface area contributed by atoms with Crippen molar-refractivity contribution in [3.63, 3.8) is 0 Å². The summed E-state index contributed by atoms with van der Waals surface area (Å²) in [5, 5.41) is 0. The van der Waals surface area contributed by atoms with Crippen LogP contribution in [0.5, 0.6) is 0 Å². The topological polar surface area (TPSA) is 54.9 Å². The van der Waals surface area contributed by atoms with E-state index in [2.05, 4.69) is 17.8 Å². The van der Waals surface area contributed by atoms with Crippen LogP contribution in [-0.4, -0.2) is 9.55 Å². The molecule has 0 aliphatic heterocycles. The summed E-state index contributed by atoms with van der Waals surface area (Å²) in [6.07, 6.45) is 22.8. The summed E-state index contributed by atoms with van der Waals surface area (Å²) in [7, 11) is 0. The summed E-state index contributed by atoms with van der Waals surface area (Å²) in [5.41, 5.74) is -0.672. The molecular formula is C18H20FeN2O2+2. The normalized spacial score (nSPS) is 17.4. The van der Waals surface area contributed by atoms with Crippen LogP contribution >= 0.6 is 0 Å². The first-order valence-electron chi connectivity index (χ1n) is 7.43. The first-order chi connectivity index (χ1) is 10.8. The first-order valence-corrected chi connectivity index (χ1v) is 7.43. The molecule has 23 heavy (non-hydrogen) atoms. The van der Waals surface area contributed by atoms with E-state index in [4.69, 9.17) is 0 Å². The van der Waals surface area contributed by atoms with Crippen molar-refractivity contribution in [3.8, 4) is 0 Å². The molecule has 2 aliphatic rings. The third-order valence-corrected chi connectivity index (χ3v) is 3.30. The predicted molar refractivity (Wildman–Crippen MR) is 87.1 cm³/mol. The van der Waals surface area contributed by atoms with Crippen LogP contribution in [0.15, 0.2) is 21.9 Å². The number of aromatic nitrogens is 2. The van der Waals surface area contributed by atoms with Crippen molar-refractivity contribution < 1.29 is 17.1 Å². The largest absolute Gasteiger partial charge is 2.00 e. The second-order valence-corrected chi connectivity index (χ2v) is 5.02. The van der Waals surface area contributed by atoms with Gasteiger partial charge in [0.1, 0.15) is 0 Å². The van der Waals surface area contributed by atoms with E-state index in [9.17, 15) is 9.59 Å². The number of nitrogens with one attached hydrogen (secondary N) is 1. The number of nitrogens with zero attached hydrogens (tertiary/aromatic N) is 1. The van der Waals surface area contributed by atoms with Gasteiger partial charge < -0.3 is 4.57 Å². The molecule has 1 N–H and O–H groups in total. The van der Waals surface area contributed by atoms with Crippen molar-refractivity contribution in [3.05, 3.63) is 96.8 Å². The number of rotatable bonds is 5. The van der Waals surface area contributed by atoms with Crippen LogP contribution in [0.4, 0.5) is 0 Å². The Morgan fingerprint density at radius 2 is 1.48 bits per heavy atom. The molecule has 4 nitrogen and oxygen atoms in total. The van der Waals surface area contributed by atoms with Crippen LogP contribution in [0.3, 0.4) is 0 Å². The zero-order valence-corrected chi connectivity index (χ0v) is 13.9. The van der Waals surface area contributed by atoms with Crippen LogP contribution in [0.25, 0.3) is 0 Å². The van der Waals surface area contributed by atoms with Gasteiger partial charge in [0.25, 0.3) is 5.56 Å². The minimum absolute atomic E-state index is 0. The number of hydrogen-bond acceptors (Lipinski definition) is 2. The van der Waals surface area contributed by atoms with Gasteiger partial charge in [0.2, 0.25) is 0 Å². The summed E-state index contributed by atoms with van der Waals surface area (Å²) < 4.78 is 1.53. The van der Waals surface area contributed by atoms with E-state index in [1.54, 1.807) is 6.20 Å². The third-order valence-electron chi connectivity index (χ3n) is 3.30. The molecule has 120 valence electrons. The summed E-state index contributed by atoms with van der Waals surface area (Å²) >= 11 is 0. The average Bonchev–Trinajstić information content (AvgIpc) is 3.21. The number of unbranched alkanes of at least 4 members (excludes halogenated alkanes) is 1. The Morgan fingerprint density at radius 3 is 2.04 bits per heavy atom. The monoisotopic (exact) mass is 352 g/mol. The van der Waals surface area contributed by atoms with Crippen LogP contribution in [0.1, 0.15) is 19.3 Å². The van der Waals surface area contributed by atoms with E-state index in [-0.39, 0.29) is 28.3 Å². The Balaban J connectivity index is 0.000000377. The minimum Gasteiger partial charge on any atom is -0.301 e. The summed E-state index contributed by atoms with van der Waals surface area (Å²) in [6.45, 7) is 0.649. The van der Waals surface area contributed by atoms with E-state index in [0.29, 0.717) is 6.54 Å². The van der Waals surface area contributed by atoms with E-state index < -0.39 is 0 Å². The molecule has 1 aromatic rings. The molecule has 0 spiro atoms. The molecule has 2 aliphatic carbocycles. The van der Waals surface area contributed by atoms with E-state index in [0.717, 1.165) is 19.3 Å². The van der Waals surface area contributed by atoms with Crippen molar-refractivity contribution in [1.29, 1.82) is 0 Å². The van der Waals surface area contributed by atoms with Gasteiger partial charge in [-0.2, -0.15) is 0 Å². The second kappa shape index (κ2) is 11.7. The molecule has 0 atom stereocenters. The fraction of sp³-hybridized carbons (Fsp3) is 0.222. The minimum atomic E-state index is -0.344. The van der Waals surface area contributed by atoms with Gasteiger partial charge in [-0.05, 0) is 76.5 Å². The maximum absolute atomic E-state index is 11.4. The molecule has 2 saturated carbocycles. The first kappa shape index (κ1) is 20.2. The summed E-state index contributed by atoms with van der Waals surface area (Å²) in [6, 6.07) is 1.37. The Hall–Kier alpha value is -0.801. The molecule has 1 heterocycles. The van der Waals surface area contributed by atoms with Gasteiger partial charge in [-0.1, -0.05) is 6.42 Å². The maximum atomic E-state index is 11.4. The van der Waals surface area contributed by atoms with Crippen LogP contribution < -0.4 is 11.2 Å². The van der Waals surface area contributed by atoms with Crippen molar-refractivity contribution in [2.24, 2.45) is 0 Å². The summed E-state index contributed by atoms with van der Waals surface area (Å²) in [4.78, 5) is 24.5. The smallest absolute Gasteiger partial charge is 0.301 e. The van der Waals surface area contributed by atoms with Gasteiger partial charge in [0.05, 0.1) is 0 Å². The average molecular weight is 352 g/mol. The number of H-pyrrole nitrogens is 1. The Labute approximate surface area is 149 Å². The fourth-order valence-corrected chi connectivity index (χ4v) is 2.13. The molecule has 10 radical (unpaired) electrons. The fourth-order valence-electron chi connectivity index (χ4n) is 2.13. The van der Waals surface area contributed by atoms with E-state index in [1.165, 1.54) is 16.6 Å². The molecule has 0 saturated heterocycles. The van der Waals surface area contributed by atoms with E-state index in [1.807, 2.05) is 44.9 Å². The van der Waals surface area contributed by atoms with Crippen LogP contribution in [0, 0.1) is 63.7 Å². The zero-order chi connectivity index (χ0) is 15.6. The summed E-state index contributed by atoms with van der Waals surface area (Å²) in [5.74, 6) is 1.33. The number of hydrogen-bond donors (Lipinski definition) is 1. The quantitative estimate of drug-likeness (QED) is 0.652. The Kier molecular flexibility index (Phi) is 10.3. The van der Waals surface area contributed by atoms with E-state index >= 15 is 0 Å². The van der Waals surface area contributed by atoms with Crippen molar-refractivity contribution in [1.82, 2.24) is 9.55 Å².